The summed E-state index contributed by atoms with van der Waals surface area (Å²) >= 11 is 0. The molecule has 72 valence electrons. The second-order valence-corrected chi connectivity index (χ2v) is 3.41. The zero-order valence-electron chi connectivity index (χ0n) is 7.84. The maximum absolute atomic E-state index is 12.9. The van der Waals surface area contributed by atoms with Gasteiger partial charge in [-0.05, 0) is 43.5 Å². The van der Waals surface area contributed by atoms with E-state index in [0.29, 0.717) is 17.5 Å². The first-order valence-electron chi connectivity index (χ1n) is 4.24. The lowest BCUT2D eigenvalue weighted by Gasteiger charge is -2.09. The number of rotatable bonds is 2. The summed E-state index contributed by atoms with van der Waals surface area (Å²) in [6, 6.07) is 2.55. The van der Waals surface area contributed by atoms with Gasteiger partial charge in [0.2, 0.25) is 0 Å². The average molecular weight is 183 g/mol. The third-order valence-electron chi connectivity index (χ3n) is 1.89. The molecule has 3 N–H and O–H groups in total. The Bertz CT molecular complexity index is 310. The molecule has 2 nitrogen and oxygen atoms in total. The normalized spacial score (nSPS) is 12.9. The minimum Gasteiger partial charge on any atom is -0.507 e. The summed E-state index contributed by atoms with van der Waals surface area (Å²) in [5, 5.41) is 9.55. The Labute approximate surface area is 77.2 Å². The molecule has 0 saturated carbocycles. The van der Waals surface area contributed by atoms with Crippen LogP contribution in [-0.2, 0) is 6.42 Å². The predicted octanol–water partition coefficient (Wildman–Crippen LogP) is 1.73. The van der Waals surface area contributed by atoms with Crippen LogP contribution in [0.3, 0.4) is 0 Å². The van der Waals surface area contributed by atoms with E-state index in [1.165, 1.54) is 12.1 Å². The van der Waals surface area contributed by atoms with Gasteiger partial charge in [0.1, 0.15) is 11.6 Å². The highest BCUT2D eigenvalue weighted by Gasteiger charge is 2.08. The van der Waals surface area contributed by atoms with Crippen LogP contribution in [0.1, 0.15) is 18.1 Å². The Morgan fingerprint density at radius 2 is 2.15 bits per heavy atom. The third kappa shape index (κ3) is 2.42. The van der Waals surface area contributed by atoms with Crippen LogP contribution in [0.4, 0.5) is 4.39 Å². The number of aryl methyl sites for hydroxylation is 1. The molecule has 0 aliphatic heterocycles. The van der Waals surface area contributed by atoms with Crippen molar-refractivity contribution >= 4 is 0 Å². The molecule has 0 radical (unpaired) electrons. The van der Waals surface area contributed by atoms with Crippen molar-refractivity contribution in [3.05, 3.63) is 29.1 Å². The lowest BCUT2D eigenvalue weighted by atomic mass is 10.0. The molecule has 1 aromatic carbocycles. The lowest BCUT2D eigenvalue weighted by molar-refractivity contribution is 0.458. The molecule has 0 heterocycles. The van der Waals surface area contributed by atoms with Crippen LogP contribution < -0.4 is 5.73 Å². The highest BCUT2D eigenvalue weighted by atomic mass is 19.1. The fraction of sp³-hybridized carbons (Fsp3) is 0.400. The van der Waals surface area contributed by atoms with E-state index >= 15 is 0 Å². The number of benzene rings is 1. The van der Waals surface area contributed by atoms with Crippen LogP contribution in [0, 0.1) is 12.7 Å². The number of phenolic OH excluding ortho intramolecular Hbond substituents is 1. The molecule has 0 amide bonds. The van der Waals surface area contributed by atoms with Crippen molar-refractivity contribution in [3.63, 3.8) is 0 Å². The van der Waals surface area contributed by atoms with E-state index in [1.807, 2.05) is 6.92 Å². The first kappa shape index (κ1) is 9.99. The standard InChI is InChI=1S/C10H14FNO/c1-6-3-9(11)5-8(10(6)13)4-7(2)12/h3,5,7,13H,4,12H2,1-2H3. The molecule has 1 rings (SSSR count). The second kappa shape index (κ2) is 3.75. The van der Waals surface area contributed by atoms with Crippen LogP contribution in [-0.4, -0.2) is 11.1 Å². The number of halogens is 1. The van der Waals surface area contributed by atoms with Crippen LogP contribution in [0.5, 0.6) is 5.75 Å². The van der Waals surface area contributed by atoms with Gasteiger partial charge in [0.25, 0.3) is 0 Å². The van der Waals surface area contributed by atoms with E-state index < -0.39 is 0 Å². The molecule has 0 saturated heterocycles. The summed E-state index contributed by atoms with van der Waals surface area (Å²) in [4.78, 5) is 0. The minimum absolute atomic E-state index is 0.0768. The van der Waals surface area contributed by atoms with Crippen molar-refractivity contribution in [2.45, 2.75) is 26.3 Å². The number of hydrogen-bond acceptors (Lipinski definition) is 2. The monoisotopic (exact) mass is 183 g/mol. The van der Waals surface area contributed by atoms with E-state index in [9.17, 15) is 9.50 Å². The highest BCUT2D eigenvalue weighted by Crippen LogP contribution is 2.24. The van der Waals surface area contributed by atoms with Crippen LogP contribution in [0.15, 0.2) is 12.1 Å². The van der Waals surface area contributed by atoms with Gasteiger partial charge in [-0.3, -0.25) is 0 Å². The molecule has 0 aliphatic rings. The van der Waals surface area contributed by atoms with E-state index in [-0.39, 0.29) is 17.6 Å². The minimum atomic E-state index is -0.328. The first-order chi connectivity index (χ1) is 6.00. The summed E-state index contributed by atoms with van der Waals surface area (Å²) < 4.78 is 12.9. The van der Waals surface area contributed by atoms with Gasteiger partial charge in [-0.15, -0.1) is 0 Å². The van der Waals surface area contributed by atoms with Crippen molar-refractivity contribution in [1.82, 2.24) is 0 Å². The highest BCUT2D eigenvalue weighted by molar-refractivity contribution is 5.40. The van der Waals surface area contributed by atoms with Gasteiger partial charge >= 0.3 is 0 Å². The van der Waals surface area contributed by atoms with Crippen molar-refractivity contribution in [3.8, 4) is 5.75 Å². The summed E-state index contributed by atoms with van der Waals surface area (Å²) in [6.07, 6.45) is 0.491. The molecule has 0 bridgehead atoms. The summed E-state index contributed by atoms with van der Waals surface area (Å²) in [5.74, 6) is -0.176. The number of hydrogen-bond donors (Lipinski definition) is 2. The molecule has 0 fully saturated rings. The van der Waals surface area contributed by atoms with Crippen LogP contribution in [0.25, 0.3) is 0 Å². The Balaban J connectivity index is 3.05. The van der Waals surface area contributed by atoms with Gasteiger partial charge in [0, 0.05) is 6.04 Å². The third-order valence-corrected chi connectivity index (χ3v) is 1.89. The fourth-order valence-electron chi connectivity index (χ4n) is 1.31. The lowest BCUT2D eigenvalue weighted by Crippen LogP contribution is -2.18. The molecular formula is C10H14FNO. The second-order valence-electron chi connectivity index (χ2n) is 3.41. The summed E-state index contributed by atoms with van der Waals surface area (Å²) in [6.45, 7) is 3.49. The SMILES string of the molecule is Cc1cc(F)cc(CC(C)N)c1O. The molecule has 3 heteroatoms. The Kier molecular flexibility index (Phi) is 2.88. The van der Waals surface area contributed by atoms with Gasteiger partial charge in [0.15, 0.2) is 0 Å². The van der Waals surface area contributed by atoms with Gasteiger partial charge in [-0.2, -0.15) is 0 Å². The summed E-state index contributed by atoms with van der Waals surface area (Å²) in [5.41, 5.74) is 6.69. The molecule has 1 aromatic rings. The largest absolute Gasteiger partial charge is 0.507 e. The Morgan fingerprint density at radius 3 is 2.69 bits per heavy atom. The predicted molar refractivity (Wildman–Crippen MR) is 50.2 cm³/mol. The quantitative estimate of drug-likeness (QED) is 0.733. The molecule has 0 aromatic heterocycles. The van der Waals surface area contributed by atoms with Crippen molar-refractivity contribution < 1.29 is 9.50 Å². The Morgan fingerprint density at radius 1 is 1.54 bits per heavy atom. The molecule has 13 heavy (non-hydrogen) atoms. The van der Waals surface area contributed by atoms with E-state index in [0.717, 1.165) is 0 Å². The van der Waals surface area contributed by atoms with E-state index in [2.05, 4.69) is 0 Å². The van der Waals surface area contributed by atoms with Crippen molar-refractivity contribution in [1.29, 1.82) is 0 Å². The molecule has 1 unspecified atom stereocenters. The van der Waals surface area contributed by atoms with E-state index in [4.69, 9.17) is 5.73 Å². The number of nitrogens with two attached hydrogens (primary N) is 1. The van der Waals surface area contributed by atoms with Crippen molar-refractivity contribution in [2.24, 2.45) is 5.73 Å². The zero-order valence-corrected chi connectivity index (χ0v) is 7.84. The van der Waals surface area contributed by atoms with Gasteiger partial charge in [-0.25, -0.2) is 4.39 Å². The smallest absolute Gasteiger partial charge is 0.124 e. The zero-order chi connectivity index (χ0) is 10.0. The molecule has 1 atom stereocenters. The van der Waals surface area contributed by atoms with Gasteiger partial charge in [-0.1, -0.05) is 0 Å². The molecular weight excluding hydrogens is 169 g/mol. The summed E-state index contributed by atoms with van der Waals surface area (Å²) in [7, 11) is 0. The molecule has 0 aliphatic carbocycles. The topological polar surface area (TPSA) is 46.2 Å². The molecule has 0 spiro atoms. The Hall–Kier alpha value is -1.09. The number of phenols is 1. The van der Waals surface area contributed by atoms with Gasteiger partial charge in [0.05, 0.1) is 0 Å². The van der Waals surface area contributed by atoms with Crippen LogP contribution >= 0.6 is 0 Å². The van der Waals surface area contributed by atoms with Gasteiger partial charge < -0.3 is 10.8 Å². The first-order valence-corrected chi connectivity index (χ1v) is 4.24. The average Bonchev–Trinajstić information content (AvgIpc) is 1.98. The van der Waals surface area contributed by atoms with Crippen molar-refractivity contribution in [2.75, 3.05) is 0 Å². The van der Waals surface area contributed by atoms with Crippen LogP contribution in [0.2, 0.25) is 0 Å². The van der Waals surface area contributed by atoms with E-state index in [1.54, 1.807) is 6.92 Å². The number of aromatic hydroxyl groups is 1. The maximum Gasteiger partial charge on any atom is 0.124 e. The fourth-order valence-corrected chi connectivity index (χ4v) is 1.31. The maximum atomic E-state index is 12.9.